The van der Waals surface area contributed by atoms with E-state index in [2.05, 4.69) is 10.3 Å². The number of ether oxygens (including phenoxy) is 2. The van der Waals surface area contributed by atoms with E-state index in [9.17, 15) is 14.4 Å². The van der Waals surface area contributed by atoms with Gasteiger partial charge in [-0.05, 0) is 37.6 Å². The highest BCUT2D eigenvalue weighted by Crippen LogP contribution is 2.27. The molecule has 194 valence electrons. The summed E-state index contributed by atoms with van der Waals surface area (Å²) < 4.78 is 11.9. The van der Waals surface area contributed by atoms with E-state index >= 15 is 0 Å². The molecule has 3 amide bonds. The predicted octanol–water partition coefficient (Wildman–Crippen LogP) is 3.47. The summed E-state index contributed by atoms with van der Waals surface area (Å²) in [6, 6.07) is 8.19. The topological polar surface area (TPSA) is 101 Å². The number of carbonyl (C=O) groups is 3. The molecule has 0 fully saturated rings. The SMILES string of the molecule is CCCC(=O)Nc1ccc2c(c1)OC[C@@H](C)N(C(=O)c1cccnc1)C[C@H](C)[C@H](OC)CN(C)C2=O. The zero-order valence-corrected chi connectivity index (χ0v) is 21.7. The van der Waals surface area contributed by atoms with E-state index in [0.717, 1.165) is 6.42 Å². The molecular formula is C27H36N4O5. The molecule has 1 aromatic carbocycles. The summed E-state index contributed by atoms with van der Waals surface area (Å²) in [6.45, 7) is 6.77. The molecule has 1 N–H and O–H groups in total. The van der Waals surface area contributed by atoms with E-state index in [4.69, 9.17) is 9.47 Å². The first-order valence-corrected chi connectivity index (χ1v) is 12.3. The Kier molecular flexibility index (Phi) is 9.41. The third-order valence-electron chi connectivity index (χ3n) is 6.38. The molecule has 3 atom stereocenters. The van der Waals surface area contributed by atoms with Crippen LogP contribution in [-0.2, 0) is 9.53 Å². The molecule has 0 spiro atoms. The number of aromatic nitrogens is 1. The highest BCUT2D eigenvalue weighted by molar-refractivity contribution is 5.98. The van der Waals surface area contributed by atoms with Gasteiger partial charge in [0.25, 0.3) is 11.8 Å². The zero-order valence-electron chi connectivity index (χ0n) is 21.7. The number of pyridine rings is 1. The molecule has 1 aliphatic heterocycles. The van der Waals surface area contributed by atoms with Gasteiger partial charge in [-0.3, -0.25) is 19.4 Å². The number of nitrogens with zero attached hydrogens (tertiary/aromatic N) is 3. The number of amides is 3. The second-order valence-electron chi connectivity index (χ2n) is 9.31. The van der Waals surface area contributed by atoms with Gasteiger partial charge in [-0.2, -0.15) is 0 Å². The molecule has 0 radical (unpaired) electrons. The number of likely N-dealkylation sites (N-methyl/N-ethyl adjacent to an activating group) is 1. The molecule has 1 aliphatic rings. The van der Waals surface area contributed by atoms with Crippen LogP contribution in [0.25, 0.3) is 0 Å². The van der Waals surface area contributed by atoms with E-state index in [0.29, 0.717) is 42.1 Å². The number of carbonyl (C=O) groups excluding carboxylic acids is 3. The van der Waals surface area contributed by atoms with Gasteiger partial charge in [-0.1, -0.05) is 13.8 Å². The van der Waals surface area contributed by atoms with Gasteiger partial charge >= 0.3 is 0 Å². The lowest BCUT2D eigenvalue weighted by atomic mass is 10.0. The molecule has 0 unspecified atom stereocenters. The number of hydrogen-bond acceptors (Lipinski definition) is 6. The molecular weight excluding hydrogens is 460 g/mol. The van der Waals surface area contributed by atoms with Crippen LogP contribution in [0.1, 0.15) is 54.3 Å². The van der Waals surface area contributed by atoms with E-state index in [1.807, 2.05) is 20.8 Å². The van der Waals surface area contributed by atoms with Crippen molar-refractivity contribution in [1.29, 1.82) is 0 Å². The quantitative estimate of drug-likeness (QED) is 0.680. The van der Waals surface area contributed by atoms with Crippen molar-refractivity contribution < 1.29 is 23.9 Å². The third kappa shape index (κ3) is 6.60. The maximum Gasteiger partial charge on any atom is 0.257 e. The predicted molar refractivity (Wildman–Crippen MR) is 137 cm³/mol. The minimum Gasteiger partial charge on any atom is -0.491 e. The fourth-order valence-corrected chi connectivity index (χ4v) is 4.24. The third-order valence-corrected chi connectivity index (χ3v) is 6.38. The maximum absolute atomic E-state index is 13.4. The molecule has 0 bridgehead atoms. The fraction of sp³-hybridized carbons (Fsp3) is 0.481. The van der Waals surface area contributed by atoms with Gasteiger partial charge in [0.15, 0.2) is 0 Å². The van der Waals surface area contributed by atoms with Gasteiger partial charge in [0, 0.05) is 63.7 Å². The molecule has 0 aliphatic carbocycles. The molecule has 36 heavy (non-hydrogen) atoms. The van der Waals surface area contributed by atoms with E-state index in [1.165, 1.54) is 0 Å². The van der Waals surface area contributed by atoms with Gasteiger partial charge < -0.3 is 24.6 Å². The van der Waals surface area contributed by atoms with E-state index < -0.39 is 0 Å². The zero-order chi connectivity index (χ0) is 26.2. The van der Waals surface area contributed by atoms with Crippen LogP contribution < -0.4 is 10.1 Å². The standard InChI is InChI=1S/C27H36N4O5/c1-6-8-25(32)29-21-10-11-22-23(13-21)36-17-19(3)31(26(33)20-9-7-12-28-14-20)15-18(2)24(35-5)16-30(4)27(22)34/h7,9-14,18-19,24H,6,8,15-17H2,1-5H3,(H,29,32)/t18-,19+,24+/m0/s1. The number of fused-ring (bicyclic) bond motifs is 1. The number of rotatable bonds is 5. The molecule has 0 saturated heterocycles. The Morgan fingerprint density at radius 1 is 1.22 bits per heavy atom. The van der Waals surface area contributed by atoms with Crippen LogP contribution in [0.3, 0.4) is 0 Å². The molecule has 1 aromatic heterocycles. The van der Waals surface area contributed by atoms with Crippen molar-refractivity contribution >= 4 is 23.4 Å². The van der Waals surface area contributed by atoms with Crippen molar-refractivity contribution in [1.82, 2.24) is 14.8 Å². The van der Waals surface area contributed by atoms with Crippen molar-refractivity contribution in [2.24, 2.45) is 5.92 Å². The van der Waals surface area contributed by atoms with Crippen molar-refractivity contribution in [2.75, 3.05) is 39.2 Å². The first-order chi connectivity index (χ1) is 17.2. The molecule has 0 saturated carbocycles. The van der Waals surface area contributed by atoms with Crippen molar-refractivity contribution in [3.05, 3.63) is 53.9 Å². The van der Waals surface area contributed by atoms with Crippen molar-refractivity contribution in [3.8, 4) is 5.75 Å². The van der Waals surface area contributed by atoms with Crippen molar-refractivity contribution in [2.45, 2.75) is 45.8 Å². The van der Waals surface area contributed by atoms with Crippen LogP contribution in [0.15, 0.2) is 42.7 Å². The van der Waals surface area contributed by atoms with Gasteiger partial charge in [0.2, 0.25) is 5.91 Å². The Morgan fingerprint density at radius 2 is 2.00 bits per heavy atom. The monoisotopic (exact) mass is 496 g/mol. The van der Waals surface area contributed by atoms with Crippen LogP contribution in [0.4, 0.5) is 5.69 Å². The summed E-state index contributed by atoms with van der Waals surface area (Å²) in [7, 11) is 3.33. The highest BCUT2D eigenvalue weighted by atomic mass is 16.5. The summed E-state index contributed by atoms with van der Waals surface area (Å²) in [5, 5.41) is 2.85. The normalized spacial score (nSPS) is 21.0. The van der Waals surface area contributed by atoms with Gasteiger partial charge in [-0.15, -0.1) is 0 Å². The highest BCUT2D eigenvalue weighted by Gasteiger charge is 2.31. The Balaban J connectivity index is 1.97. The van der Waals surface area contributed by atoms with Crippen LogP contribution in [0, 0.1) is 5.92 Å². The first-order valence-electron chi connectivity index (χ1n) is 12.3. The van der Waals surface area contributed by atoms with Crippen molar-refractivity contribution in [3.63, 3.8) is 0 Å². The number of methoxy groups -OCH3 is 1. The molecule has 9 nitrogen and oxygen atoms in total. The minimum atomic E-state index is -0.309. The Hall–Kier alpha value is -3.46. The molecule has 9 heteroatoms. The van der Waals surface area contributed by atoms with Gasteiger partial charge in [0.05, 0.1) is 23.3 Å². The number of nitrogens with one attached hydrogen (secondary N) is 1. The van der Waals surface area contributed by atoms with Gasteiger partial charge in [-0.25, -0.2) is 0 Å². The van der Waals surface area contributed by atoms with Crippen LogP contribution in [0.2, 0.25) is 0 Å². The Labute approximate surface area is 212 Å². The fourth-order valence-electron chi connectivity index (χ4n) is 4.24. The lowest BCUT2D eigenvalue weighted by Crippen LogP contribution is -2.48. The minimum absolute atomic E-state index is 0.0524. The van der Waals surface area contributed by atoms with Crippen LogP contribution >= 0.6 is 0 Å². The summed E-state index contributed by atoms with van der Waals surface area (Å²) in [5.41, 5.74) is 1.42. The molecule has 2 aromatic rings. The second-order valence-corrected chi connectivity index (χ2v) is 9.31. The number of anilines is 1. The lowest BCUT2D eigenvalue weighted by molar-refractivity contribution is -0.116. The average molecular weight is 497 g/mol. The first kappa shape index (κ1) is 27.1. The van der Waals surface area contributed by atoms with Crippen LogP contribution in [0.5, 0.6) is 5.75 Å². The summed E-state index contributed by atoms with van der Waals surface area (Å²) in [6.07, 6.45) is 4.03. The van der Waals surface area contributed by atoms with Gasteiger partial charge in [0.1, 0.15) is 12.4 Å². The largest absolute Gasteiger partial charge is 0.491 e. The summed E-state index contributed by atoms with van der Waals surface area (Å²) in [4.78, 5) is 46.3. The van der Waals surface area contributed by atoms with Crippen LogP contribution in [-0.4, -0.2) is 78.5 Å². The smallest absolute Gasteiger partial charge is 0.257 e. The lowest BCUT2D eigenvalue weighted by Gasteiger charge is -2.36. The molecule has 3 rings (SSSR count). The summed E-state index contributed by atoms with van der Waals surface area (Å²) in [5.74, 6) is -0.161. The Bertz CT molecular complexity index is 1060. The molecule has 2 heterocycles. The average Bonchev–Trinajstić information content (AvgIpc) is 2.88. The second kappa shape index (κ2) is 12.5. The number of hydrogen-bond donors (Lipinski definition) is 1. The van der Waals surface area contributed by atoms with E-state index in [1.54, 1.807) is 66.7 Å². The van der Waals surface area contributed by atoms with E-state index in [-0.39, 0.29) is 42.4 Å². The maximum atomic E-state index is 13.4. The Morgan fingerprint density at radius 3 is 2.67 bits per heavy atom. The number of benzene rings is 1. The summed E-state index contributed by atoms with van der Waals surface area (Å²) >= 11 is 0.